The van der Waals surface area contributed by atoms with Crippen molar-refractivity contribution in [3.8, 4) is 5.88 Å². The first-order valence-electron chi connectivity index (χ1n) is 2.88. The number of aromatic nitrogens is 1. The predicted octanol–water partition coefficient (Wildman–Crippen LogP) is 1.11. The van der Waals surface area contributed by atoms with Gasteiger partial charge in [-0.3, -0.25) is 0 Å². The molecule has 1 N–H and O–H groups in total. The quantitative estimate of drug-likeness (QED) is 0.632. The molecule has 1 heterocycles. The van der Waals surface area contributed by atoms with Gasteiger partial charge in [0.25, 0.3) is 0 Å². The monoisotopic (exact) mass is 136 g/mol. The van der Waals surface area contributed by atoms with Crippen LogP contribution in [-0.2, 0) is 0 Å². The molecule has 0 radical (unpaired) electrons. The smallest absolute Gasteiger partial charge is 0.245 e. The minimum atomic E-state index is 0.530. The van der Waals surface area contributed by atoms with Gasteiger partial charge in [-0.2, -0.15) is 0 Å². The average molecular weight is 136 g/mol. The summed E-state index contributed by atoms with van der Waals surface area (Å²) in [4.78, 5) is 8.76. The minimum Gasteiger partial charge on any atom is -0.362 e. The first-order valence-corrected chi connectivity index (χ1v) is 2.88. The third kappa shape index (κ3) is 1.78. The molecule has 0 amide bonds. The van der Waals surface area contributed by atoms with Gasteiger partial charge in [-0.1, -0.05) is 12.6 Å². The van der Waals surface area contributed by atoms with Crippen molar-refractivity contribution in [2.45, 2.75) is 0 Å². The molecular formula is C7H8N2O. The van der Waals surface area contributed by atoms with Gasteiger partial charge in [0.05, 0.1) is 0 Å². The van der Waals surface area contributed by atoms with Crippen LogP contribution in [0.5, 0.6) is 5.88 Å². The summed E-state index contributed by atoms with van der Waals surface area (Å²) >= 11 is 0. The molecule has 1 rings (SSSR count). The van der Waals surface area contributed by atoms with Gasteiger partial charge in [0.1, 0.15) is 0 Å². The Bertz CT molecular complexity index is 198. The molecule has 52 valence electrons. The lowest BCUT2D eigenvalue weighted by Gasteiger charge is -1.99. The van der Waals surface area contributed by atoms with Crippen LogP contribution in [0.4, 0.5) is 0 Å². The Morgan fingerprint density at radius 1 is 1.60 bits per heavy atom. The lowest BCUT2D eigenvalue weighted by molar-refractivity contribution is 0.233. The van der Waals surface area contributed by atoms with Gasteiger partial charge in [-0.15, -0.1) is 0 Å². The number of pyridine rings is 1. The van der Waals surface area contributed by atoms with Gasteiger partial charge in [0.15, 0.2) is 0 Å². The zero-order valence-electron chi connectivity index (χ0n) is 5.45. The summed E-state index contributed by atoms with van der Waals surface area (Å²) in [6.45, 7) is 3.41. The third-order valence-corrected chi connectivity index (χ3v) is 0.885. The highest BCUT2D eigenvalue weighted by atomic mass is 16.6. The average Bonchev–Trinajstić information content (AvgIpc) is 2.03. The third-order valence-electron chi connectivity index (χ3n) is 0.885. The van der Waals surface area contributed by atoms with Crippen molar-refractivity contribution in [1.82, 2.24) is 10.5 Å². The molecule has 0 aliphatic heterocycles. The molecule has 0 bridgehead atoms. The molecule has 0 aliphatic carbocycles. The van der Waals surface area contributed by atoms with E-state index in [1.165, 1.54) is 6.20 Å². The lowest BCUT2D eigenvalue weighted by atomic mass is 10.5. The molecule has 3 nitrogen and oxygen atoms in total. The molecule has 0 atom stereocenters. The van der Waals surface area contributed by atoms with E-state index in [2.05, 4.69) is 17.0 Å². The van der Waals surface area contributed by atoms with Gasteiger partial charge in [-0.05, 0) is 6.07 Å². The van der Waals surface area contributed by atoms with Crippen molar-refractivity contribution < 1.29 is 4.84 Å². The molecule has 0 unspecified atom stereocenters. The number of hydroxylamine groups is 1. The zero-order valence-corrected chi connectivity index (χ0v) is 5.45. The number of nitrogens with one attached hydrogen (secondary N) is 1. The Morgan fingerprint density at radius 2 is 2.50 bits per heavy atom. The van der Waals surface area contributed by atoms with E-state index in [1.54, 1.807) is 12.3 Å². The molecule has 0 saturated heterocycles. The molecule has 0 aliphatic rings. The van der Waals surface area contributed by atoms with Crippen molar-refractivity contribution in [2.75, 3.05) is 0 Å². The largest absolute Gasteiger partial charge is 0.362 e. The minimum absolute atomic E-state index is 0.530. The van der Waals surface area contributed by atoms with Crippen LogP contribution in [0, 0.1) is 0 Å². The highest BCUT2D eigenvalue weighted by Crippen LogP contribution is 2.00. The highest BCUT2D eigenvalue weighted by Gasteiger charge is 1.86. The topological polar surface area (TPSA) is 34.1 Å². The first-order chi connectivity index (χ1) is 4.93. The molecule has 0 saturated carbocycles. The van der Waals surface area contributed by atoms with Gasteiger partial charge >= 0.3 is 0 Å². The Labute approximate surface area is 59.3 Å². The summed E-state index contributed by atoms with van der Waals surface area (Å²) in [6, 6.07) is 5.41. The van der Waals surface area contributed by atoms with Gasteiger partial charge in [-0.25, -0.2) is 10.5 Å². The van der Waals surface area contributed by atoms with E-state index in [4.69, 9.17) is 4.84 Å². The second-order valence-electron chi connectivity index (χ2n) is 1.59. The predicted molar refractivity (Wildman–Crippen MR) is 38.2 cm³/mol. The highest BCUT2D eigenvalue weighted by molar-refractivity contribution is 5.08. The van der Waals surface area contributed by atoms with Crippen molar-refractivity contribution in [1.29, 1.82) is 0 Å². The molecule has 1 aromatic heterocycles. The van der Waals surface area contributed by atoms with Crippen LogP contribution >= 0.6 is 0 Å². The number of hydrogen-bond donors (Lipinski definition) is 1. The van der Waals surface area contributed by atoms with Gasteiger partial charge < -0.3 is 4.84 Å². The Morgan fingerprint density at radius 3 is 3.10 bits per heavy atom. The molecule has 10 heavy (non-hydrogen) atoms. The van der Waals surface area contributed by atoms with E-state index in [0.29, 0.717) is 5.88 Å². The van der Waals surface area contributed by atoms with E-state index in [-0.39, 0.29) is 0 Å². The normalized spacial score (nSPS) is 8.40. The Hall–Kier alpha value is -1.51. The van der Waals surface area contributed by atoms with E-state index >= 15 is 0 Å². The van der Waals surface area contributed by atoms with Gasteiger partial charge in [0, 0.05) is 18.5 Å². The zero-order chi connectivity index (χ0) is 7.23. The maximum atomic E-state index is 4.88. The SMILES string of the molecule is C=CNOc1ccccn1. The molecule has 0 aromatic carbocycles. The summed E-state index contributed by atoms with van der Waals surface area (Å²) in [6.07, 6.45) is 3.09. The van der Waals surface area contributed by atoms with E-state index in [1.807, 2.05) is 12.1 Å². The van der Waals surface area contributed by atoms with Crippen molar-refractivity contribution in [3.05, 3.63) is 37.2 Å². The van der Waals surface area contributed by atoms with Crippen molar-refractivity contribution in [3.63, 3.8) is 0 Å². The Kier molecular flexibility index (Phi) is 2.31. The maximum Gasteiger partial charge on any atom is 0.245 e. The van der Waals surface area contributed by atoms with Crippen LogP contribution in [0.2, 0.25) is 0 Å². The fourth-order valence-corrected chi connectivity index (χ4v) is 0.510. The molecule has 0 fully saturated rings. The fourth-order valence-electron chi connectivity index (χ4n) is 0.510. The maximum absolute atomic E-state index is 4.88. The molecule has 0 spiro atoms. The summed E-state index contributed by atoms with van der Waals surface area (Å²) < 4.78 is 0. The van der Waals surface area contributed by atoms with Crippen LogP contribution in [0.3, 0.4) is 0 Å². The molecular weight excluding hydrogens is 128 g/mol. The lowest BCUT2D eigenvalue weighted by Crippen LogP contribution is -2.10. The summed E-state index contributed by atoms with van der Waals surface area (Å²) in [7, 11) is 0. The van der Waals surface area contributed by atoms with Crippen molar-refractivity contribution in [2.24, 2.45) is 0 Å². The van der Waals surface area contributed by atoms with E-state index in [9.17, 15) is 0 Å². The summed E-state index contributed by atoms with van der Waals surface area (Å²) in [5.74, 6) is 0.530. The number of rotatable bonds is 3. The van der Waals surface area contributed by atoms with E-state index < -0.39 is 0 Å². The van der Waals surface area contributed by atoms with Crippen LogP contribution in [0.1, 0.15) is 0 Å². The van der Waals surface area contributed by atoms with Gasteiger partial charge in [0.2, 0.25) is 5.88 Å². The second-order valence-corrected chi connectivity index (χ2v) is 1.59. The van der Waals surface area contributed by atoms with E-state index in [0.717, 1.165) is 0 Å². The second kappa shape index (κ2) is 3.50. The van der Waals surface area contributed by atoms with Crippen LogP contribution in [0.15, 0.2) is 37.2 Å². The van der Waals surface area contributed by atoms with Crippen LogP contribution in [-0.4, -0.2) is 4.98 Å². The van der Waals surface area contributed by atoms with Crippen LogP contribution < -0.4 is 10.3 Å². The Balaban J connectivity index is 2.50. The standard InChI is InChI=1S/C7H8N2O/c1-2-9-10-7-5-3-4-6-8-7/h2-6,9H,1H2. The summed E-state index contributed by atoms with van der Waals surface area (Å²) in [5, 5.41) is 0. The number of nitrogens with zero attached hydrogens (tertiary/aromatic N) is 1. The van der Waals surface area contributed by atoms with Crippen molar-refractivity contribution >= 4 is 0 Å². The first kappa shape index (κ1) is 6.61. The number of hydrogen-bond acceptors (Lipinski definition) is 3. The molecule has 1 aromatic rings. The fraction of sp³-hybridized carbons (Fsp3) is 0. The molecule has 3 heteroatoms. The summed E-state index contributed by atoms with van der Waals surface area (Å²) in [5.41, 5.74) is 2.47. The van der Waals surface area contributed by atoms with Crippen LogP contribution in [0.25, 0.3) is 0 Å².